The Morgan fingerprint density at radius 2 is 1.97 bits per heavy atom. The third kappa shape index (κ3) is 4.38. The van der Waals surface area contributed by atoms with Crippen LogP contribution < -0.4 is 11.2 Å². The molecule has 1 saturated heterocycles. The number of imidazole rings is 1. The summed E-state index contributed by atoms with van der Waals surface area (Å²) < 4.78 is 9.36. The summed E-state index contributed by atoms with van der Waals surface area (Å²) in [6.07, 6.45) is 3.56. The van der Waals surface area contributed by atoms with E-state index < -0.39 is 11.2 Å². The molecule has 9 heteroatoms. The molecule has 1 amide bonds. The first-order valence-electron chi connectivity index (χ1n) is 11.0. The normalized spacial score (nSPS) is 16.6. The Balaban J connectivity index is 1.79. The van der Waals surface area contributed by atoms with Crippen LogP contribution in [0.4, 0.5) is 0 Å². The number of likely N-dealkylation sites (tertiary alicyclic amines) is 1. The van der Waals surface area contributed by atoms with Crippen LogP contribution in [0.3, 0.4) is 0 Å². The maximum atomic E-state index is 13.4. The number of carbonyl (C=O) groups excluding carboxylic acids is 1. The molecule has 0 bridgehead atoms. The minimum Gasteiger partial charge on any atom is -0.383 e. The Morgan fingerprint density at radius 3 is 2.69 bits per heavy atom. The number of hydrogen-bond acceptors (Lipinski definition) is 5. The number of aromatic nitrogens is 4. The molecule has 1 fully saturated rings. The maximum absolute atomic E-state index is 13.4. The molecule has 9 nitrogen and oxygen atoms in total. The van der Waals surface area contributed by atoms with Crippen molar-refractivity contribution in [1.29, 1.82) is 0 Å². The first-order valence-corrected chi connectivity index (χ1v) is 11.0. The van der Waals surface area contributed by atoms with Gasteiger partial charge in [0, 0.05) is 26.7 Å². The summed E-state index contributed by atoms with van der Waals surface area (Å²) in [7, 11) is 1.58. The number of piperidine rings is 1. The fourth-order valence-electron chi connectivity index (χ4n) is 4.30. The standard InChI is InChI=1S/C23H29N5O4/c1-17-7-6-10-25(13-17)19(29)15-28-22(30)20-21(24-16-26(20)11-12-32-2)27(23(28)31)14-18-8-4-3-5-9-18/h3-5,8-9,16-17H,6-7,10-15H2,1-2H3. The van der Waals surface area contributed by atoms with Gasteiger partial charge in [-0.1, -0.05) is 37.3 Å². The lowest BCUT2D eigenvalue weighted by atomic mass is 10.0. The number of rotatable bonds is 7. The number of fused-ring (bicyclic) bond motifs is 1. The topological polar surface area (TPSA) is 91.4 Å². The summed E-state index contributed by atoms with van der Waals surface area (Å²) in [5, 5.41) is 0. The third-order valence-electron chi connectivity index (χ3n) is 6.01. The summed E-state index contributed by atoms with van der Waals surface area (Å²) in [5.41, 5.74) is 0.499. The fraction of sp³-hybridized carbons (Fsp3) is 0.478. The Kier molecular flexibility index (Phi) is 6.55. The van der Waals surface area contributed by atoms with Crippen molar-refractivity contribution in [3.8, 4) is 0 Å². The highest BCUT2D eigenvalue weighted by Gasteiger charge is 2.24. The minimum absolute atomic E-state index is 0.204. The van der Waals surface area contributed by atoms with Crippen molar-refractivity contribution in [3.05, 3.63) is 63.1 Å². The SMILES string of the molecule is COCCn1cnc2c1c(=O)n(CC(=O)N1CCCC(C)C1)c(=O)n2Cc1ccccc1. The van der Waals surface area contributed by atoms with Gasteiger partial charge in [-0.15, -0.1) is 0 Å². The Hall–Kier alpha value is -3.20. The van der Waals surface area contributed by atoms with Crippen LogP contribution in [0.1, 0.15) is 25.3 Å². The number of methoxy groups -OCH3 is 1. The summed E-state index contributed by atoms with van der Waals surface area (Å²) in [6.45, 7) is 4.22. The first kappa shape index (κ1) is 22.0. The smallest absolute Gasteiger partial charge is 0.333 e. The molecular formula is C23H29N5O4. The van der Waals surface area contributed by atoms with Crippen molar-refractivity contribution >= 4 is 17.1 Å². The van der Waals surface area contributed by atoms with Crippen LogP contribution in [0, 0.1) is 5.92 Å². The first-order chi connectivity index (χ1) is 15.5. The van der Waals surface area contributed by atoms with Crippen LogP contribution in [0.25, 0.3) is 11.2 Å². The Morgan fingerprint density at radius 1 is 1.19 bits per heavy atom. The summed E-state index contributed by atoms with van der Waals surface area (Å²) >= 11 is 0. The number of hydrogen-bond donors (Lipinski definition) is 0. The average Bonchev–Trinajstić information content (AvgIpc) is 3.22. The Labute approximate surface area is 185 Å². The molecule has 3 aromatic rings. The van der Waals surface area contributed by atoms with E-state index in [1.54, 1.807) is 22.9 Å². The molecule has 1 aliphatic heterocycles. The number of nitrogens with zero attached hydrogens (tertiary/aromatic N) is 5. The van der Waals surface area contributed by atoms with Crippen LogP contribution in [0.5, 0.6) is 0 Å². The van der Waals surface area contributed by atoms with E-state index >= 15 is 0 Å². The molecule has 0 aliphatic carbocycles. The van der Waals surface area contributed by atoms with Gasteiger partial charge in [0.25, 0.3) is 5.56 Å². The van der Waals surface area contributed by atoms with Crippen LogP contribution >= 0.6 is 0 Å². The minimum atomic E-state index is -0.526. The van der Waals surface area contributed by atoms with E-state index in [9.17, 15) is 14.4 Å². The largest absolute Gasteiger partial charge is 0.383 e. The summed E-state index contributed by atoms with van der Waals surface area (Å²) in [4.78, 5) is 45.9. The van der Waals surface area contributed by atoms with Crippen LogP contribution in [0.2, 0.25) is 0 Å². The van der Waals surface area contributed by atoms with E-state index in [-0.39, 0.29) is 19.0 Å². The van der Waals surface area contributed by atoms with Crippen LogP contribution in [0.15, 0.2) is 46.2 Å². The van der Waals surface area contributed by atoms with E-state index in [0.717, 1.165) is 23.0 Å². The molecule has 2 aromatic heterocycles. The molecule has 32 heavy (non-hydrogen) atoms. The van der Waals surface area contributed by atoms with Gasteiger partial charge < -0.3 is 14.2 Å². The predicted octanol–water partition coefficient (Wildman–Crippen LogP) is 1.31. The van der Waals surface area contributed by atoms with E-state index in [2.05, 4.69) is 11.9 Å². The molecule has 1 unspecified atom stereocenters. The van der Waals surface area contributed by atoms with Crippen molar-refractivity contribution in [2.45, 2.75) is 39.4 Å². The molecule has 0 radical (unpaired) electrons. The zero-order valence-corrected chi connectivity index (χ0v) is 18.6. The molecule has 0 N–H and O–H groups in total. The predicted molar refractivity (Wildman–Crippen MR) is 121 cm³/mol. The number of amides is 1. The lowest BCUT2D eigenvalue weighted by molar-refractivity contribution is -0.133. The van der Waals surface area contributed by atoms with Gasteiger partial charge in [0.05, 0.1) is 19.5 Å². The molecule has 1 aliphatic rings. The van der Waals surface area contributed by atoms with Gasteiger partial charge in [-0.05, 0) is 24.3 Å². The molecule has 1 atom stereocenters. The van der Waals surface area contributed by atoms with Gasteiger partial charge in [-0.2, -0.15) is 0 Å². The van der Waals surface area contributed by atoms with E-state index in [1.807, 2.05) is 30.3 Å². The maximum Gasteiger partial charge on any atom is 0.333 e. The fourth-order valence-corrected chi connectivity index (χ4v) is 4.30. The number of benzene rings is 1. The molecule has 170 valence electrons. The summed E-state index contributed by atoms with van der Waals surface area (Å²) in [5.74, 6) is 0.210. The van der Waals surface area contributed by atoms with Crippen molar-refractivity contribution < 1.29 is 9.53 Å². The second-order valence-electron chi connectivity index (χ2n) is 8.44. The van der Waals surface area contributed by atoms with Gasteiger partial charge >= 0.3 is 5.69 Å². The van der Waals surface area contributed by atoms with Crippen molar-refractivity contribution in [1.82, 2.24) is 23.6 Å². The highest BCUT2D eigenvalue weighted by molar-refractivity contribution is 5.77. The molecule has 4 rings (SSSR count). The van der Waals surface area contributed by atoms with Crippen LogP contribution in [-0.4, -0.2) is 56.3 Å². The number of ether oxygens (including phenoxy) is 1. The zero-order valence-electron chi connectivity index (χ0n) is 18.6. The molecular weight excluding hydrogens is 410 g/mol. The van der Waals surface area contributed by atoms with Gasteiger partial charge in [0.15, 0.2) is 11.2 Å². The zero-order chi connectivity index (χ0) is 22.7. The summed E-state index contributed by atoms with van der Waals surface area (Å²) in [6, 6.07) is 9.52. The second-order valence-corrected chi connectivity index (χ2v) is 8.44. The van der Waals surface area contributed by atoms with Crippen molar-refractivity contribution in [2.75, 3.05) is 26.8 Å². The van der Waals surface area contributed by atoms with Crippen molar-refractivity contribution in [2.24, 2.45) is 5.92 Å². The highest BCUT2D eigenvalue weighted by Crippen LogP contribution is 2.16. The highest BCUT2D eigenvalue weighted by atomic mass is 16.5. The lowest BCUT2D eigenvalue weighted by Gasteiger charge is -2.31. The van der Waals surface area contributed by atoms with Crippen molar-refractivity contribution in [3.63, 3.8) is 0 Å². The van der Waals surface area contributed by atoms with Gasteiger partial charge in [0.1, 0.15) is 6.54 Å². The molecule has 0 saturated carbocycles. The van der Waals surface area contributed by atoms with Gasteiger partial charge in [0.2, 0.25) is 5.91 Å². The van der Waals surface area contributed by atoms with Gasteiger partial charge in [-0.25, -0.2) is 14.3 Å². The second kappa shape index (κ2) is 9.52. The number of carbonyl (C=O) groups is 1. The molecule has 3 heterocycles. The Bertz CT molecular complexity index is 1210. The van der Waals surface area contributed by atoms with Crippen LogP contribution in [-0.2, 0) is 29.2 Å². The molecule has 0 spiro atoms. The van der Waals surface area contributed by atoms with E-state index in [0.29, 0.717) is 43.3 Å². The third-order valence-corrected chi connectivity index (χ3v) is 6.01. The van der Waals surface area contributed by atoms with E-state index in [4.69, 9.17) is 4.74 Å². The monoisotopic (exact) mass is 439 g/mol. The average molecular weight is 440 g/mol. The van der Waals surface area contributed by atoms with Gasteiger partial charge in [-0.3, -0.25) is 14.2 Å². The van der Waals surface area contributed by atoms with E-state index in [1.165, 1.54) is 4.57 Å². The quantitative estimate of drug-likeness (QED) is 0.554. The molecule has 1 aromatic carbocycles. The lowest BCUT2D eigenvalue weighted by Crippen LogP contribution is -2.47.